The molecule has 25 heavy (non-hydrogen) atoms. The van der Waals surface area contributed by atoms with Crippen LogP contribution < -0.4 is 0 Å². The van der Waals surface area contributed by atoms with E-state index in [1.807, 2.05) is 0 Å². The van der Waals surface area contributed by atoms with E-state index in [0.717, 1.165) is 63.4 Å². The Labute approximate surface area is 150 Å². The van der Waals surface area contributed by atoms with E-state index < -0.39 is 0 Å². The van der Waals surface area contributed by atoms with Crippen molar-refractivity contribution in [1.29, 1.82) is 0 Å². The quantitative estimate of drug-likeness (QED) is 0.843. The van der Waals surface area contributed by atoms with Crippen molar-refractivity contribution >= 4 is 5.91 Å². The van der Waals surface area contributed by atoms with Crippen LogP contribution in [-0.2, 0) is 17.8 Å². The number of fused-ring (bicyclic) bond motifs is 1. The number of hydrogen-bond donors (Lipinski definition) is 0. The Hall–Kier alpha value is -1.43. The Morgan fingerprint density at radius 3 is 2.64 bits per heavy atom. The van der Waals surface area contributed by atoms with E-state index in [1.165, 1.54) is 25.7 Å². The lowest BCUT2D eigenvalue weighted by molar-refractivity contribution is -0.150. The number of likely N-dealkylation sites (tertiary alicyclic amines) is 1. The number of nitrogens with zero attached hydrogens (tertiary/aromatic N) is 5. The highest BCUT2D eigenvalue weighted by Gasteiger charge is 2.48. The van der Waals surface area contributed by atoms with Crippen molar-refractivity contribution in [3.05, 3.63) is 11.6 Å². The van der Waals surface area contributed by atoms with Gasteiger partial charge in [-0.2, -0.15) is 0 Å². The molecule has 138 valence electrons. The number of rotatable bonds is 3. The van der Waals surface area contributed by atoms with Gasteiger partial charge in [0.15, 0.2) is 0 Å². The van der Waals surface area contributed by atoms with E-state index in [4.69, 9.17) is 0 Å². The zero-order chi connectivity index (χ0) is 17.4. The zero-order valence-electron chi connectivity index (χ0n) is 15.7. The van der Waals surface area contributed by atoms with Crippen LogP contribution in [0.25, 0.3) is 0 Å². The minimum atomic E-state index is -0.246. The molecular formula is C19H31N5O. The van der Waals surface area contributed by atoms with Crippen LogP contribution >= 0.6 is 0 Å². The van der Waals surface area contributed by atoms with Gasteiger partial charge in [0.25, 0.3) is 0 Å². The molecule has 1 unspecified atom stereocenters. The Morgan fingerprint density at radius 1 is 1.08 bits per heavy atom. The lowest BCUT2D eigenvalue weighted by Crippen LogP contribution is -2.62. The lowest BCUT2D eigenvalue weighted by atomic mass is 9.74. The summed E-state index contributed by atoms with van der Waals surface area (Å²) in [6, 6.07) is 0. The van der Waals surface area contributed by atoms with Gasteiger partial charge in [0.2, 0.25) is 5.91 Å². The molecule has 4 rings (SSSR count). The molecule has 2 aliphatic heterocycles. The van der Waals surface area contributed by atoms with Crippen LogP contribution in [0.15, 0.2) is 0 Å². The SMILES string of the molecule is CN(C)C1(C(=O)N2CCCC(c3nnc4n3CCCCC4)C2)CCC1. The highest BCUT2D eigenvalue weighted by atomic mass is 16.2. The predicted molar refractivity (Wildman–Crippen MR) is 96.4 cm³/mol. The molecule has 1 saturated carbocycles. The molecule has 0 radical (unpaired) electrons. The molecule has 0 bridgehead atoms. The largest absolute Gasteiger partial charge is 0.340 e. The van der Waals surface area contributed by atoms with E-state index >= 15 is 0 Å². The molecule has 1 saturated heterocycles. The maximum Gasteiger partial charge on any atom is 0.243 e. The molecule has 3 aliphatic rings. The molecule has 6 nitrogen and oxygen atoms in total. The summed E-state index contributed by atoms with van der Waals surface area (Å²) in [5, 5.41) is 9.02. The molecule has 3 heterocycles. The van der Waals surface area contributed by atoms with Gasteiger partial charge in [0.05, 0.1) is 0 Å². The van der Waals surface area contributed by atoms with Crippen LogP contribution in [0.5, 0.6) is 0 Å². The van der Waals surface area contributed by atoms with Crippen LogP contribution in [-0.4, -0.2) is 63.2 Å². The van der Waals surface area contributed by atoms with Gasteiger partial charge in [-0.1, -0.05) is 6.42 Å². The molecule has 6 heteroatoms. The van der Waals surface area contributed by atoms with Gasteiger partial charge in [0.1, 0.15) is 17.2 Å². The fourth-order valence-corrected chi connectivity index (χ4v) is 4.84. The third kappa shape index (κ3) is 2.88. The summed E-state index contributed by atoms with van der Waals surface area (Å²) in [5.41, 5.74) is -0.246. The monoisotopic (exact) mass is 345 g/mol. The van der Waals surface area contributed by atoms with Gasteiger partial charge < -0.3 is 9.47 Å². The highest BCUT2D eigenvalue weighted by Crippen LogP contribution is 2.39. The number of amides is 1. The van der Waals surface area contributed by atoms with Crippen LogP contribution in [0.2, 0.25) is 0 Å². The first-order chi connectivity index (χ1) is 12.1. The maximum absolute atomic E-state index is 13.2. The second-order valence-electron chi connectivity index (χ2n) is 8.31. The van der Waals surface area contributed by atoms with Crippen LogP contribution in [0.1, 0.15) is 68.9 Å². The summed E-state index contributed by atoms with van der Waals surface area (Å²) in [6.07, 6.45) is 10.1. The number of hydrogen-bond acceptors (Lipinski definition) is 4. The fourth-order valence-electron chi connectivity index (χ4n) is 4.84. The molecule has 1 amide bonds. The van der Waals surface area contributed by atoms with Crippen molar-refractivity contribution in [2.24, 2.45) is 0 Å². The van der Waals surface area contributed by atoms with E-state index in [2.05, 4.69) is 38.7 Å². The van der Waals surface area contributed by atoms with Crippen molar-refractivity contribution in [1.82, 2.24) is 24.6 Å². The Bertz CT molecular complexity index is 634. The Kier molecular flexibility index (Phi) is 4.56. The minimum Gasteiger partial charge on any atom is -0.340 e. The van der Waals surface area contributed by atoms with Gasteiger partial charge >= 0.3 is 0 Å². The second-order valence-corrected chi connectivity index (χ2v) is 8.31. The summed E-state index contributed by atoms with van der Waals surface area (Å²) in [6.45, 7) is 2.75. The lowest BCUT2D eigenvalue weighted by Gasteiger charge is -2.49. The van der Waals surface area contributed by atoms with Crippen LogP contribution in [0, 0.1) is 0 Å². The van der Waals surface area contributed by atoms with Gasteiger partial charge in [-0.3, -0.25) is 9.69 Å². The summed E-state index contributed by atoms with van der Waals surface area (Å²) >= 11 is 0. The third-order valence-corrected chi connectivity index (χ3v) is 6.65. The van der Waals surface area contributed by atoms with Crippen molar-refractivity contribution < 1.29 is 4.79 Å². The highest BCUT2D eigenvalue weighted by molar-refractivity contribution is 5.87. The molecule has 1 aliphatic carbocycles. The van der Waals surface area contributed by atoms with E-state index in [0.29, 0.717) is 11.8 Å². The van der Waals surface area contributed by atoms with Gasteiger partial charge in [0, 0.05) is 32.0 Å². The van der Waals surface area contributed by atoms with Gasteiger partial charge in [-0.25, -0.2) is 0 Å². The molecule has 0 N–H and O–H groups in total. The summed E-state index contributed by atoms with van der Waals surface area (Å²) < 4.78 is 2.36. The number of carbonyl (C=O) groups is 1. The van der Waals surface area contributed by atoms with Crippen molar-refractivity contribution in [2.45, 2.75) is 75.8 Å². The summed E-state index contributed by atoms with van der Waals surface area (Å²) in [7, 11) is 4.10. The summed E-state index contributed by atoms with van der Waals surface area (Å²) in [4.78, 5) is 17.5. The summed E-state index contributed by atoms with van der Waals surface area (Å²) in [5.74, 6) is 2.96. The first-order valence-electron chi connectivity index (χ1n) is 10.0. The molecule has 1 aromatic rings. The molecule has 2 fully saturated rings. The Balaban J connectivity index is 1.52. The molecular weight excluding hydrogens is 314 g/mol. The number of likely N-dealkylation sites (N-methyl/N-ethyl adjacent to an activating group) is 1. The normalized spacial score (nSPS) is 26.0. The van der Waals surface area contributed by atoms with Crippen molar-refractivity contribution in [2.75, 3.05) is 27.2 Å². The van der Waals surface area contributed by atoms with Crippen LogP contribution in [0.4, 0.5) is 0 Å². The maximum atomic E-state index is 13.2. The average molecular weight is 345 g/mol. The average Bonchev–Trinajstić information content (AvgIpc) is 2.82. The molecule has 1 atom stereocenters. The first kappa shape index (κ1) is 17.0. The number of aryl methyl sites for hydroxylation is 1. The van der Waals surface area contributed by atoms with Crippen molar-refractivity contribution in [3.8, 4) is 0 Å². The fraction of sp³-hybridized carbons (Fsp3) is 0.842. The topological polar surface area (TPSA) is 54.3 Å². The smallest absolute Gasteiger partial charge is 0.243 e. The van der Waals surface area contributed by atoms with Gasteiger partial charge in [-0.05, 0) is 59.0 Å². The van der Waals surface area contributed by atoms with Crippen molar-refractivity contribution in [3.63, 3.8) is 0 Å². The van der Waals surface area contributed by atoms with Gasteiger partial charge in [-0.15, -0.1) is 10.2 Å². The van der Waals surface area contributed by atoms with Crippen LogP contribution in [0.3, 0.4) is 0 Å². The molecule has 0 spiro atoms. The molecule has 1 aromatic heterocycles. The van der Waals surface area contributed by atoms with E-state index in [-0.39, 0.29) is 5.54 Å². The number of aromatic nitrogens is 3. The first-order valence-corrected chi connectivity index (χ1v) is 10.0. The Morgan fingerprint density at radius 2 is 1.92 bits per heavy atom. The number of carbonyl (C=O) groups excluding carboxylic acids is 1. The second kappa shape index (κ2) is 6.71. The predicted octanol–water partition coefficient (Wildman–Crippen LogP) is 2.19. The number of piperidine rings is 1. The minimum absolute atomic E-state index is 0.246. The zero-order valence-corrected chi connectivity index (χ0v) is 15.7. The third-order valence-electron chi connectivity index (χ3n) is 6.65. The van der Waals surface area contributed by atoms with E-state index in [9.17, 15) is 4.79 Å². The standard InChI is InChI=1S/C19H31N5O/c1-22(2)19(10-7-11-19)18(25)23-12-6-8-15(14-23)17-21-20-16-9-4-3-5-13-24(16)17/h15H,3-14H2,1-2H3. The van der Waals surface area contributed by atoms with E-state index in [1.54, 1.807) is 0 Å². The molecule has 0 aromatic carbocycles.